The Hall–Kier alpha value is -1.12. The zero-order chi connectivity index (χ0) is 13.5. The molecule has 19 heavy (non-hydrogen) atoms. The van der Waals surface area contributed by atoms with E-state index in [1.54, 1.807) is 0 Å². The highest BCUT2D eigenvalue weighted by molar-refractivity contribution is 9.10. The Morgan fingerprint density at radius 2 is 1.84 bits per heavy atom. The van der Waals surface area contributed by atoms with Crippen LogP contribution in [0.5, 0.6) is 0 Å². The van der Waals surface area contributed by atoms with E-state index < -0.39 is 0 Å². The normalized spacial score (nSPS) is 12.3. The van der Waals surface area contributed by atoms with Gasteiger partial charge >= 0.3 is 0 Å². The van der Waals surface area contributed by atoms with Gasteiger partial charge in [0.05, 0.1) is 0 Å². The summed E-state index contributed by atoms with van der Waals surface area (Å²) < 4.78 is 1.14. The summed E-state index contributed by atoms with van der Waals surface area (Å²) in [6.45, 7) is 3.25. The summed E-state index contributed by atoms with van der Waals surface area (Å²) in [5.41, 5.74) is 2.71. The van der Waals surface area contributed by atoms with E-state index in [1.165, 1.54) is 11.1 Å². The SMILES string of the molecule is CCCNC(Cc1ccccc1)c1cccc(Br)c1. The molecule has 0 radical (unpaired) electrons. The Kier molecular flexibility index (Phi) is 5.62. The summed E-state index contributed by atoms with van der Waals surface area (Å²) in [6.07, 6.45) is 2.18. The second kappa shape index (κ2) is 7.46. The highest BCUT2D eigenvalue weighted by atomic mass is 79.9. The minimum atomic E-state index is 0.375. The predicted octanol–water partition coefficient (Wildman–Crippen LogP) is 4.73. The second-order valence-electron chi connectivity index (χ2n) is 4.75. The third-order valence-electron chi connectivity index (χ3n) is 3.17. The van der Waals surface area contributed by atoms with E-state index in [2.05, 4.69) is 82.8 Å². The van der Waals surface area contributed by atoms with Crippen LogP contribution in [0.15, 0.2) is 59.1 Å². The van der Waals surface area contributed by atoms with Crippen molar-refractivity contribution in [3.63, 3.8) is 0 Å². The van der Waals surface area contributed by atoms with Gasteiger partial charge in [0.15, 0.2) is 0 Å². The van der Waals surface area contributed by atoms with Crippen LogP contribution in [0.3, 0.4) is 0 Å². The standard InChI is InChI=1S/C17H20BrN/c1-2-11-19-17(12-14-7-4-3-5-8-14)15-9-6-10-16(18)13-15/h3-10,13,17,19H,2,11-12H2,1H3. The molecule has 1 N–H and O–H groups in total. The van der Waals surface area contributed by atoms with Crippen molar-refractivity contribution < 1.29 is 0 Å². The first kappa shape index (κ1) is 14.3. The van der Waals surface area contributed by atoms with Crippen LogP contribution in [0.1, 0.15) is 30.5 Å². The third-order valence-corrected chi connectivity index (χ3v) is 3.67. The summed E-state index contributed by atoms with van der Waals surface area (Å²) in [5.74, 6) is 0. The lowest BCUT2D eigenvalue weighted by Gasteiger charge is -2.19. The Balaban J connectivity index is 2.16. The average Bonchev–Trinajstić information content (AvgIpc) is 2.44. The molecule has 100 valence electrons. The summed E-state index contributed by atoms with van der Waals surface area (Å²) in [5, 5.41) is 3.64. The van der Waals surface area contributed by atoms with E-state index >= 15 is 0 Å². The van der Waals surface area contributed by atoms with Crippen molar-refractivity contribution in [2.24, 2.45) is 0 Å². The minimum Gasteiger partial charge on any atom is -0.310 e. The third kappa shape index (κ3) is 4.48. The molecule has 0 heterocycles. The molecule has 2 aromatic rings. The van der Waals surface area contributed by atoms with Crippen LogP contribution < -0.4 is 5.32 Å². The molecule has 1 nitrogen and oxygen atoms in total. The van der Waals surface area contributed by atoms with Crippen LogP contribution in [-0.2, 0) is 6.42 Å². The molecule has 2 aromatic carbocycles. The van der Waals surface area contributed by atoms with Crippen LogP contribution in [-0.4, -0.2) is 6.54 Å². The van der Waals surface area contributed by atoms with Crippen molar-refractivity contribution in [1.82, 2.24) is 5.32 Å². The molecule has 0 fully saturated rings. The van der Waals surface area contributed by atoms with Crippen molar-refractivity contribution in [2.75, 3.05) is 6.54 Å². The smallest absolute Gasteiger partial charge is 0.0361 e. The molecule has 2 heteroatoms. The molecule has 2 rings (SSSR count). The van der Waals surface area contributed by atoms with Crippen LogP contribution in [0, 0.1) is 0 Å². The van der Waals surface area contributed by atoms with E-state index in [1.807, 2.05) is 0 Å². The van der Waals surface area contributed by atoms with Crippen molar-refractivity contribution in [2.45, 2.75) is 25.8 Å². The van der Waals surface area contributed by atoms with Gasteiger partial charge in [0, 0.05) is 10.5 Å². The molecule has 0 aliphatic rings. The van der Waals surface area contributed by atoms with Gasteiger partial charge in [-0.15, -0.1) is 0 Å². The molecule has 1 unspecified atom stereocenters. The maximum absolute atomic E-state index is 3.64. The lowest BCUT2D eigenvalue weighted by Crippen LogP contribution is -2.24. The molecular formula is C17H20BrN. The van der Waals surface area contributed by atoms with Gasteiger partial charge in [0.25, 0.3) is 0 Å². The lowest BCUT2D eigenvalue weighted by atomic mass is 9.99. The van der Waals surface area contributed by atoms with Crippen molar-refractivity contribution >= 4 is 15.9 Å². The van der Waals surface area contributed by atoms with E-state index in [0.29, 0.717) is 6.04 Å². The quantitative estimate of drug-likeness (QED) is 0.812. The first-order valence-electron chi connectivity index (χ1n) is 6.82. The number of hydrogen-bond donors (Lipinski definition) is 1. The zero-order valence-corrected chi connectivity index (χ0v) is 12.9. The molecule has 0 aliphatic heterocycles. The fourth-order valence-electron chi connectivity index (χ4n) is 2.20. The molecule has 0 amide bonds. The first-order chi connectivity index (χ1) is 9.29. The van der Waals surface area contributed by atoms with Gasteiger partial charge in [0.2, 0.25) is 0 Å². The Labute approximate surface area is 124 Å². The van der Waals surface area contributed by atoms with Gasteiger partial charge in [-0.05, 0) is 42.6 Å². The highest BCUT2D eigenvalue weighted by Gasteiger charge is 2.11. The Bertz CT molecular complexity index is 496. The number of rotatable bonds is 6. The maximum Gasteiger partial charge on any atom is 0.0361 e. The van der Waals surface area contributed by atoms with Gasteiger partial charge in [-0.1, -0.05) is 65.3 Å². The molecule has 0 bridgehead atoms. The topological polar surface area (TPSA) is 12.0 Å². The second-order valence-corrected chi connectivity index (χ2v) is 5.67. The molecule has 1 atom stereocenters. The summed E-state index contributed by atoms with van der Waals surface area (Å²) >= 11 is 3.56. The van der Waals surface area contributed by atoms with Crippen LogP contribution in [0.4, 0.5) is 0 Å². The number of nitrogens with one attached hydrogen (secondary N) is 1. The van der Waals surface area contributed by atoms with Gasteiger partial charge in [-0.25, -0.2) is 0 Å². The molecule has 0 aliphatic carbocycles. The fraction of sp³-hybridized carbons (Fsp3) is 0.294. The van der Waals surface area contributed by atoms with Gasteiger partial charge in [-0.2, -0.15) is 0 Å². The molecular weight excluding hydrogens is 298 g/mol. The van der Waals surface area contributed by atoms with Crippen LogP contribution >= 0.6 is 15.9 Å². The van der Waals surface area contributed by atoms with Crippen LogP contribution in [0.2, 0.25) is 0 Å². The minimum absolute atomic E-state index is 0.375. The van der Waals surface area contributed by atoms with Crippen LogP contribution in [0.25, 0.3) is 0 Å². The van der Waals surface area contributed by atoms with Gasteiger partial charge in [-0.3, -0.25) is 0 Å². The lowest BCUT2D eigenvalue weighted by molar-refractivity contribution is 0.529. The van der Waals surface area contributed by atoms with E-state index in [4.69, 9.17) is 0 Å². The average molecular weight is 318 g/mol. The largest absolute Gasteiger partial charge is 0.310 e. The predicted molar refractivity (Wildman–Crippen MR) is 85.3 cm³/mol. The summed E-state index contributed by atoms with van der Waals surface area (Å²) in [7, 11) is 0. The van der Waals surface area contributed by atoms with Crippen molar-refractivity contribution in [3.8, 4) is 0 Å². The van der Waals surface area contributed by atoms with E-state index in [-0.39, 0.29) is 0 Å². The Morgan fingerprint density at radius 3 is 2.53 bits per heavy atom. The molecule has 0 aromatic heterocycles. The number of benzene rings is 2. The molecule has 0 spiro atoms. The summed E-state index contributed by atoms with van der Waals surface area (Å²) in [4.78, 5) is 0. The monoisotopic (exact) mass is 317 g/mol. The van der Waals surface area contributed by atoms with E-state index in [9.17, 15) is 0 Å². The van der Waals surface area contributed by atoms with Crippen molar-refractivity contribution in [1.29, 1.82) is 0 Å². The maximum atomic E-state index is 3.64. The van der Waals surface area contributed by atoms with Crippen molar-refractivity contribution in [3.05, 3.63) is 70.2 Å². The molecule has 0 saturated carbocycles. The number of hydrogen-bond acceptors (Lipinski definition) is 1. The first-order valence-corrected chi connectivity index (χ1v) is 7.61. The fourth-order valence-corrected chi connectivity index (χ4v) is 2.62. The molecule has 0 saturated heterocycles. The number of halogens is 1. The van der Waals surface area contributed by atoms with E-state index in [0.717, 1.165) is 23.9 Å². The Morgan fingerprint density at radius 1 is 1.05 bits per heavy atom. The zero-order valence-electron chi connectivity index (χ0n) is 11.3. The summed E-state index contributed by atoms with van der Waals surface area (Å²) in [6, 6.07) is 19.6. The van der Waals surface area contributed by atoms with Gasteiger partial charge in [0.1, 0.15) is 0 Å². The highest BCUT2D eigenvalue weighted by Crippen LogP contribution is 2.21. The van der Waals surface area contributed by atoms with Gasteiger partial charge < -0.3 is 5.32 Å².